The van der Waals surface area contributed by atoms with Crippen LogP contribution < -0.4 is 10.6 Å². The highest BCUT2D eigenvalue weighted by Gasteiger charge is 2.21. The first-order valence-electron chi connectivity index (χ1n) is 9.23. The van der Waals surface area contributed by atoms with Crippen molar-refractivity contribution in [3.05, 3.63) is 29.5 Å². The molecule has 1 amide bonds. The minimum absolute atomic E-state index is 0.0367. The lowest BCUT2D eigenvalue weighted by atomic mass is 10.0. The Balaban J connectivity index is 1.37. The van der Waals surface area contributed by atoms with Crippen molar-refractivity contribution in [2.75, 3.05) is 32.8 Å². The van der Waals surface area contributed by atoms with Gasteiger partial charge in [0.1, 0.15) is 0 Å². The molecule has 134 valence electrons. The normalized spacial score (nSPS) is 17.6. The molecule has 1 aliphatic heterocycles. The number of nitrogens with one attached hydrogen (secondary N) is 2. The van der Waals surface area contributed by atoms with E-state index in [2.05, 4.69) is 15.7 Å². The van der Waals surface area contributed by atoms with Crippen LogP contribution in [0.1, 0.15) is 28.8 Å². The molecule has 0 unspecified atom stereocenters. The van der Waals surface area contributed by atoms with Crippen LogP contribution in [0.4, 0.5) is 0 Å². The number of aromatic nitrogens is 2. The third kappa shape index (κ3) is 4.02. The quantitative estimate of drug-likeness (QED) is 0.717. The van der Waals surface area contributed by atoms with E-state index >= 15 is 0 Å². The van der Waals surface area contributed by atoms with Crippen LogP contribution >= 0.6 is 0 Å². The van der Waals surface area contributed by atoms with Gasteiger partial charge in [0.25, 0.3) is 5.91 Å². The van der Waals surface area contributed by atoms with Crippen LogP contribution in [0.2, 0.25) is 0 Å². The zero-order valence-electron chi connectivity index (χ0n) is 14.8. The van der Waals surface area contributed by atoms with Crippen molar-refractivity contribution in [2.24, 2.45) is 11.8 Å². The third-order valence-corrected chi connectivity index (χ3v) is 5.04. The molecule has 2 N–H and O–H groups in total. The Morgan fingerprint density at radius 2 is 2.20 bits per heavy atom. The standard InChI is InChI=1S/C19H26N4O2/c1-13-6-18-16(11-23(22-18)10-15-8-20-9-15)7-17(13)19(24)21-4-5-25-12-14-2-3-14/h6-7,11,14-15,20H,2-5,8-10,12H2,1H3,(H,21,24). The number of ether oxygens (including phenoxy) is 1. The Hall–Kier alpha value is -1.92. The molecule has 2 aromatic rings. The van der Waals surface area contributed by atoms with E-state index < -0.39 is 0 Å². The zero-order valence-corrected chi connectivity index (χ0v) is 14.8. The number of amides is 1. The Morgan fingerprint density at radius 3 is 2.92 bits per heavy atom. The van der Waals surface area contributed by atoms with Gasteiger partial charge in [-0.05, 0) is 43.4 Å². The molecule has 1 saturated heterocycles. The van der Waals surface area contributed by atoms with Gasteiger partial charge in [-0.15, -0.1) is 0 Å². The summed E-state index contributed by atoms with van der Waals surface area (Å²) >= 11 is 0. The minimum atomic E-state index is -0.0367. The Morgan fingerprint density at radius 1 is 1.36 bits per heavy atom. The van der Waals surface area contributed by atoms with Gasteiger partial charge in [0, 0.05) is 55.9 Å². The lowest BCUT2D eigenvalue weighted by molar-refractivity contribution is 0.0906. The summed E-state index contributed by atoms with van der Waals surface area (Å²) in [5.74, 6) is 1.38. The molecule has 0 bridgehead atoms. The van der Waals surface area contributed by atoms with Crippen molar-refractivity contribution in [3.63, 3.8) is 0 Å². The summed E-state index contributed by atoms with van der Waals surface area (Å²) in [6.45, 7) is 6.98. The van der Waals surface area contributed by atoms with Gasteiger partial charge >= 0.3 is 0 Å². The van der Waals surface area contributed by atoms with E-state index in [9.17, 15) is 4.79 Å². The summed E-state index contributed by atoms with van der Waals surface area (Å²) in [4.78, 5) is 12.5. The second-order valence-electron chi connectivity index (χ2n) is 7.38. The van der Waals surface area contributed by atoms with Gasteiger partial charge < -0.3 is 15.4 Å². The molecule has 4 rings (SSSR count). The van der Waals surface area contributed by atoms with Crippen molar-refractivity contribution >= 4 is 16.8 Å². The summed E-state index contributed by atoms with van der Waals surface area (Å²) in [7, 11) is 0. The number of carbonyl (C=O) groups is 1. The molecule has 0 radical (unpaired) electrons. The molecule has 1 saturated carbocycles. The number of carbonyl (C=O) groups excluding carboxylic acids is 1. The van der Waals surface area contributed by atoms with E-state index in [1.165, 1.54) is 12.8 Å². The number of hydrogen-bond acceptors (Lipinski definition) is 4. The lowest BCUT2D eigenvalue weighted by Gasteiger charge is -2.26. The highest BCUT2D eigenvalue weighted by Crippen LogP contribution is 2.28. The molecular formula is C19H26N4O2. The summed E-state index contributed by atoms with van der Waals surface area (Å²) in [6.07, 6.45) is 4.62. The number of benzene rings is 1. The van der Waals surface area contributed by atoms with Gasteiger partial charge in [-0.25, -0.2) is 0 Å². The highest BCUT2D eigenvalue weighted by molar-refractivity contribution is 5.99. The predicted molar refractivity (Wildman–Crippen MR) is 96.7 cm³/mol. The van der Waals surface area contributed by atoms with Gasteiger partial charge in [0.05, 0.1) is 12.1 Å². The number of aryl methyl sites for hydroxylation is 1. The predicted octanol–water partition coefficient (Wildman–Crippen LogP) is 1.72. The van der Waals surface area contributed by atoms with Crippen molar-refractivity contribution < 1.29 is 9.53 Å². The Bertz CT molecular complexity index is 762. The third-order valence-electron chi connectivity index (χ3n) is 5.04. The first-order chi connectivity index (χ1) is 12.2. The Labute approximate surface area is 147 Å². The lowest BCUT2D eigenvalue weighted by Crippen LogP contribution is -2.44. The van der Waals surface area contributed by atoms with Gasteiger partial charge in [-0.2, -0.15) is 5.10 Å². The van der Waals surface area contributed by atoms with Crippen LogP contribution in [-0.2, 0) is 11.3 Å². The van der Waals surface area contributed by atoms with E-state index in [0.717, 1.165) is 54.2 Å². The average Bonchev–Trinajstić information content (AvgIpc) is 3.29. The molecule has 0 atom stereocenters. The second-order valence-corrected chi connectivity index (χ2v) is 7.38. The van der Waals surface area contributed by atoms with E-state index in [1.54, 1.807) is 0 Å². The van der Waals surface area contributed by atoms with Crippen LogP contribution in [0.15, 0.2) is 18.3 Å². The monoisotopic (exact) mass is 342 g/mol. The smallest absolute Gasteiger partial charge is 0.251 e. The van der Waals surface area contributed by atoms with Crippen molar-refractivity contribution in [1.82, 2.24) is 20.4 Å². The van der Waals surface area contributed by atoms with Crippen molar-refractivity contribution in [1.29, 1.82) is 0 Å². The van der Waals surface area contributed by atoms with E-state index in [4.69, 9.17) is 4.74 Å². The molecule has 6 nitrogen and oxygen atoms in total. The van der Waals surface area contributed by atoms with Crippen molar-refractivity contribution in [3.8, 4) is 0 Å². The molecule has 25 heavy (non-hydrogen) atoms. The minimum Gasteiger partial charge on any atom is -0.379 e. The fourth-order valence-corrected chi connectivity index (χ4v) is 3.17. The maximum Gasteiger partial charge on any atom is 0.251 e. The fourth-order valence-electron chi connectivity index (χ4n) is 3.17. The first kappa shape index (κ1) is 16.5. The molecular weight excluding hydrogens is 316 g/mol. The van der Waals surface area contributed by atoms with Crippen LogP contribution in [0.3, 0.4) is 0 Å². The van der Waals surface area contributed by atoms with Crippen LogP contribution in [0.5, 0.6) is 0 Å². The number of fused-ring (bicyclic) bond motifs is 1. The fraction of sp³-hybridized carbons (Fsp3) is 0.579. The van der Waals surface area contributed by atoms with Gasteiger partial charge in [-0.3, -0.25) is 9.48 Å². The summed E-state index contributed by atoms with van der Waals surface area (Å²) in [5.41, 5.74) is 2.63. The molecule has 0 spiro atoms. The largest absolute Gasteiger partial charge is 0.379 e. The molecule has 2 fully saturated rings. The molecule has 1 aromatic heterocycles. The van der Waals surface area contributed by atoms with E-state index in [0.29, 0.717) is 19.1 Å². The highest BCUT2D eigenvalue weighted by atomic mass is 16.5. The Kier molecular flexibility index (Phi) is 4.72. The van der Waals surface area contributed by atoms with Gasteiger partial charge in [0.2, 0.25) is 0 Å². The number of hydrogen-bond donors (Lipinski definition) is 2. The summed E-state index contributed by atoms with van der Waals surface area (Å²) < 4.78 is 7.57. The molecule has 2 heterocycles. The van der Waals surface area contributed by atoms with Gasteiger partial charge in [0.15, 0.2) is 0 Å². The van der Waals surface area contributed by atoms with Crippen LogP contribution in [0, 0.1) is 18.8 Å². The van der Waals surface area contributed by atoms with Crippen molar-refractivity contribution in [2.45, 2.75) is 26.3 Å². The molecule has 6 heteroatoms. The molecule has 2 aliphatic rings. The molecule has 1 aromatic carbocycles. The van der Waals surface area contributed by atoms with E-state index in [-0.39, 0.29) is 5.91 Å². The van der Waals surface area contributed by atoms with E-state index in [1.807, 2.05) is 29.9 Å². The number of rotatable bonds is 8. The van der Waals surface area contributed by atoms with Crippen LogP contribution in [-0.4, -0.2) is 48.5 Å². The summed E-state index contributed by atoms with van der Waals surface area (Å²) in [5, 5.41) is 11.9. The zero-order chi connectivity index (χ0) is 17.2. The first-order valence-corrected chi connectivity index (χ1v) is 9.23. The molecule has 1 aliphatic carbocycles. The van der Waals surface area contributed by atoms with Crippen LogP contribution in [0.25, 0.3) is 10.9 Å². The topological polar surface area (TPSA) is 68.2 Å². The second kappa shape index (κ2) is 7.14. The summed E-state index contributed by atoms with van der Waals surface area (Å²) in [6, 6.07) is 3.96. The average molecular weight is 342 g/mol. The SMILES string of the molecule is Cc1cc2nn(CC3CNC3)cc2cc1C(=O)NCCOCC1CC1. The van der Waals surface area contributed by atoms with Gasteiger partial charge in [-0.1, -0.05) is 0 Å². The maximum absolute atomic E-state index is 12.5. The number of nitrogens with zero attached hydrogens (tertiary/aromatic N) is 2. The maximum atomic E-state index is 12.5.